The monoisotopic (exact) mass is 296 g/mol. The molecule has 0 unspecified atom stereocenters. The molecule has 1 aliphatic rings. The lowest BCUT2D eigenvalue weighted by Gasteiger charge is -2.22. The molecule has 2 nitrogen and oxygen atoms in total. The fourth-order valence-corrected chi connectivity index (χ4v) is 1.80. The number of alkyl halides is 3. The van der Waals surface area contributed by atoms with Crippen LogP contribution in [0, 0.1) is 11.6 Å². The van der Waals surface area contributed by atoms with Crippen molar-refractivity contribution < 1.29 is 22.0 Å². The Morgan fingerprint density at radius 2 is 1.68 bits per heavy atom. The maximum absolute atomic E-state index is 13.6. The van der Waals surface area contributed by atoms with Crippen molar-refractivity contribution in [3.63, 3.8) is 0 Å². The normalized spacial score (nSPS) is 17.1. The quantitative estimate of drug-likeness (QED) is 0.665. The molecule has 8 heteroatoms. The maximum Gasteiger partial charge on any atom is 0.411 e. The molecule has 0 aromatic heterocycles. The first-order valence-electron chi connectivity index (χ1n) is 5.30. The van der Waals surface area contributed by atoms with Crippen molar-refractivity contribution >= 4 is 22.9 Å². The second-order valence-electron chi connectivity index (χ2n) is 4.38. The Bertz CT molecular complexity index is 513. The molecule has 0 saturated heterocycles. The summed E-state index contributed by atoms with van der Waals surface area (Å²) in [6.45, 7) is 0. The summed E-state index contributed by atoms with van der Waals surface area (Å²) < 4.78 is 65.4. The Kier molecular flexibility index (Phi) is 3.16. The van der Waals surface area contributed by atoms with Crippen molar-refractivity contribution in [1.82, 2.24) is 0 Å². The van der Waals surface area contributed by atoms with Crippen LogP contribution in [0.15, 0.2) is 12.1 Å². The smallest absolute Gasteiger partial charge is 0.389 e. The SMILES string of the molecule is NC(=S)c1cc(F)c(NC2(C(F)(F)F)CC2)c(F)c1. The summed E-state index contributed by atoms with van der Waals surface area (Å²) in [5.41, 5.74) is 2.08. The molecular weight excluding hydrogens is 287 g/mol. The lowest BCUT2D eigenvalue weighted by atomic mass is 10.1. The minimum absolute atomic E-state index is 0.0765. The Morgan fingerprint density at radius 1 is 1.21 bits per heavy atom. The highest BCUT2D eigenvalue weighted by Gasteiger charge is 2.63. The van der Waals surface area contributed by atoms with E-state index in [1.165, 1.54) is 0 Å². The first-order chi connectivity index (χ1) is 8.66. The molecular formula is C11H9F5N2S. The Balaban J connectivity index is 2.35. The molecule has 0 heterocycles. The van der Waals surface area contributed by atoms with Gasteiger partial charge < -0.3 is 11.1 Å². The van der Waals surface area contributed by atoms with Crippen molar-refractivity contribution in [3.05, 3.63) is 29.3 Å². The number of hydrogen-bond acceptors (Lipinski definition) is 2. The van der Waals surface area contributed by atoms with Gasteiger partial charge in [-0.1, -0.05) is 12.2 Å². The highest BCUT2D eigenvalue weighted by atomic mass is 32.1. The van der Waals surface area contributed by atoms with E-state index in [0.717, 1.165) is 12.1 Å². The fourth-order valence-electron chi connectivity index (χ4n) is 1.68. The molecule has 1 aromatic carbocycles. The molecule has 0 amide bonds. The van der Waals surface area contributed by atoms with Gasteiger partial charge in [-0.25, -0.2) is 8.78 Å². The van der Waals surface area contributed by atoms with Crippen LogP contribution in [-0.2, 0) is 0 Å². The minimum atomic E-state index is -4.56. The summed E-state index contributed by atoms with van der Waals surface area (Å²) in [6, 6.07) is 1.61. The zero-order valence-corrected chi connectivity index (χ0v) is 10.3. The molecule has 0 radical (unpaired) electrons. The van der Waals surface area contributed by atoms with E-state index < -0.39 is 29.0 Å². The van der Waals surface area contributed by atoms with Crippen LogP contribution in [0.25, 0.3) is 0 Å². The highest BCUT2D eigenvalue weighted by Crippen LogP contribution is 2.51. The van der Waals surface area contributed by atoms with Gasteiger partial charge in [-0.05, 0) is 25.0 Å². The Hall–Kier alpha value is -1.44. The summed E-state index contributed by atoms with van der Waals surface area (Å²) in [4.78, 5) is -0.235. The average Bonchev–Trinajstić information content (AvgIpc) is 3.03. The molecule has 0 spiro atoms. The Morgan fingerprint density at radius 3 is 2.00 bits per heavy atom. The average molecular weight is 296 g/mol. The Labute approximate surface area is 110 Å². The topological polar surface area (TPSA) is 38.0 Å². The van der Waals surface area contributed by atoms with Crippen LogP contribution in [0.5, 0.6) is 0 Å². The van der Waals surface area contributed by atoms with Crippen LogP contribution in [0.4, 0.5) is 27.6 Å². The van der Waals surface area contributed by atoms with Gasteiger partial charge in [0.1, 0.15) is 27.8 Å². The fraction of sp³-hybridized carbons (Fsp3) is 0.364. The second-order valence-corrected chi connectivity index (χ2v) is 4.82. The number of halogens is 5. The van der Waals surface area contributed by atoms with Crippen molar-refractivity contribution in [1.29, 1.82) is 0 Å². The van der Waals surface area contributed by atoms with E-state index in [2.05, 4.69) is 12.2 Å². The van der Waals surface area contributed by atoms with Crippen LogP contribution in [0.1, 0.15) is 18.4 Å². The molecule has 19 heavy (non-hydrogen) atoms. The molecule has 2 rings (SSSR count). The molecule has 1 saturated carbocycles. The van der Waals surface area contributed by atoms with Gasteiger partial charge in [-0.3, -0.25) is 0 Å². The predicted molar refractivity (Wildman–Crippen MR) is 63.9 cm³/mol. The van der Waals surface area contributed by atoms with Gasteiger partial charge in [-0.15, -0.1) is 0 Å². The summed E-state index contributed by atoms with van der Waals surface area (Å²) >= 11 is 4.55. The van der Waals surface area contributed by atoms with Crippen LogP contribution >= 0.6 is 12.2 Å². The van der Waals surface area contributed by atoms with Crippen LogP contribution in [0.2, 0.25) is 0 Å². The first kappa shape index (κ1) is 14.0. The van der Waals surface area contributed by atoms with Crippen LogP contribution < -0.4 is 11.1 Å². The van der Waals surface area contributed by atoms with E-state index >= 15 is 0 Å². The third kappa shape index (κ3) is 2.49. The third-order valence-electron chi connectivity index (χ3n) is 2.98. The number of rotatable bonds is 3. The number of hydrogen-bond donors (Lipinski definition) is 2. The molecule has 1 fully saturated rings. The molecule has 104 valence electrons. The number of anilines is 1. The summed E-state index contributed by atoms with van der Waals surface area (Å²) in [5, 5.41) is 1.91. The largest absolute Gasteiger partial charge is 0.411 e. The first-order valence-corrected chi connectivity index (χ1v) is 5.71. The van der Waals surface area contributed by atoms with Gasteiger partial charge >= 0.3 is 6.18 Å². The van der Waals surface area contributed by atoms with E-state index in [1.54, 1.807) is 0 Å². The number of thiocarbonyl (C=S) groups is 1. The van der Waals surface area contributed by atoms with E-state index in [1.807, 2.05) is 5.32 Å². The molecule has 0 atom stereocenters. The predicted octanol–water partition coefficient (Wildman–Crippen LogP) is 3.11. The van der Waals surface area contributed by atoms with Crippen molar-refractivity contribution in [2.75, 3.05) is 5.32 Å². The molecule has 1 aromatic rings. The second kappa shape index (κ2) is 4.29. The minimum Gasteiger partial charge on any atom is -0.389 e. The van der Waals surface area contributed by atoms with Crippen molar-refractivity contribution in [2.24, 2.45) is 5.73 Å². The van der Waals surface area contributed by atoms with Crippen LogP contribution in [-0.4, -0.2) is 16.7 Å². The molecule has 0 aliphatic heterocycles. The number of nitrogens with one attached hydrogen (secondary N) is 1. The highest BCUT2D eigenvalue weighted by molar-refractivity contribution is 7.80. The summed E-state index contributed by atoms with van der Waals surface area (Å²) in [6.07, 6.45) is -4.99. The van der Waals surface area contributed by atoms with E-state index in [-0.39, 0.29) is 23.4 Å². The zero-order valence-electron chi connectivity index (χ0n) is 9.44. The van der Waals surface area contributed by atoms with Gasteiger partial charge in [0.2, 0.25) is 0 Å². The van der Waals surface area contributed by atoms with Gasteiger partial charge in [0, 0.05) is 5.56 Å². The van der Waals surface area contributed by atoms with E-state index in [9.17, 15) is 22.0 Å². The lowest BCUT2D eigenvalue weighted by Crippen LogP contribution is -2.39. The van der Waals surface area contributed by atoms with Crippen molar-refractivity contribution in [3.8, 4) is 0 Å². The van der Waals surface area contributed by atoms with Gasteiger partial charge in [-0.2, -0.15) is 13.2 Å². The van der Waals surface area contributed by atoms with Gasteiger partial charge in [0.15, 0.2) is 0 Å². The third-order valence-corrected chi connectivity index (χ3v) is 3.22. The summed E-state index contributed by atoms with van der Waals surface area (Å²) in [7, 11) is 0. The van der Waals surface area contributed by atoms with E-state index in [4.69, 9.17) is 5.73 Å². The molecule has 3 N–H and O–H groups in total. The summed E-state index contributed by atoms with van der Waals surface area (Å²) in [5.74, 6) is -2.31. The molecule has 0 bridgehead atoms. The lowest BCUT2D eigenvalue weighted by molar-refractivity contribution is -0.151. The molecule has 1 aliphatic carbocycles. The number of nitrogens with two attached hydrogens (primary N) is 1. The van der Waals surface area contributed by atoms with Gasteiger partial charge in [0.05, 0.1) is 0 Å². The number of benzene rings is 1. The standard InChI is InChI=1S/C11H9F5N2S/c12-6-3-5(9(17)19)4-7(13)8(6)18-10(1-2-10)11(14,15)16/h3-4,18H,1-2H2,(H2,17,19). The van der Waals surface area contributed by atoms with Gasteiger partial charge in [0.25, 0.3) is 0 Å². The maximum atomic E-state index is 13.6. The van der Waals surface area contributed by atoms with Crippen LogP contribution in [0.3, 0.4) is 0 Å². The zero-order chi connectivity index (χ0) is 14.4. The van der Waals surface area contributed by atoms with E-state index in [0.29, 0.717) is 0 Å². The van der Waals surface area contributed by atoms with Crippen molar-refractivity contribution in [2.45, 2.75) is 24.6 Å².